The number of nitrogens with zero attached hydrogens (tertiary/aromatic N) is 1. The molecule has 2 heterocycles. The zero-order valence-electron chi connectivity index (χ0n) is 20.8. The van der Waals surface area contributed by atoms with Gasteiger partial charge < -0.3 is 10.1 Å². The first-order valence-corrected chi connectivity index (χ1v) is 13.2. The second kappa shape index (κ2) is 7.75. The van der Waals surface area contributed by atoms with E-state index in [-0.39, 0.29) is 11.2 Å². The maximum atomic E-state index is 13.6. The highest BCUT2D eigenvalue weighted by molar-refractivity contribution is 6.17. The second-order valence-electron chi connectivity index (χ2n) is 10.9. The summed E-state index contributed by atoms with van der Waals surface area (Å²) in [6.07, 6.45) is 7.03. The smallest absolute Gasteiger partial charge is 0.217 e. The molecule has 1 spiro atoms. The first-order valence-electron chi connectivity index (χ1n) is 13.2. The van der Waals surface area contributed by atoms with Crippen molar-refractivity contribution in [1.82, 2.24) is 4.98 Å². The average Bonchev–Trinajstić information content (AvgIpc) is 3.34. The van der Waals surface area contributed by atoms with Crippen LogP contribution in [0.1, 0.15) is 54.8 Å². The minimum Gasteiger partial charge on any atom is -0.387 e. The molecule has 4 nitrogen and oxygen atoms in total. The Morgan fingerprint density at radius 3 is 2.47 bits per heavy atom. The number of benzene rings is 3. The first-order chi connectivity index (χ1) is 17.5. The van der Waals surface area contributed by atoms with Gasteiger partial charge in [-0.05, 0) is 42.8 Å². The van der Waals surface area contributed by atoms with Crippen LogP contribution in [0.5, 0.6) is 0 Å². The lowest BCUT2D eigenvalue weighted by Gasteiger charge is -2.36. The van der Waals surface area contributed by atoms with E-state index < -0.39 is 12.0 Å². The molecular formula is C32H31N2O2+. The minimum absolute atomic E-state index is 0.0445. The molecule has 36 heavy (non-hydrogen) atoms. The molecule has 2 unspecified atom stereocenters. The summed E-state index contributed by atoms with van der Waals surface area (Å²) in [5.41, 5.74) is 7.16. The maximum absolute atomic E-state index is 13.6. The number of nitrogens with one attached hydrogen (secondary N) is 1. The van der Waals surface area contributed by atoms with Gasteiger partial charge in [0.2, 0.25) is 5.69 Å². The van der Waals surface area contributed by atoms with E-state index in [0.717, 1.165) is 35.0 Å². The van der Waals surface area contributed by atoms with E-state index in [2.05, 4.69) is 53.0 Å². The van der Waals surface area contributed by atoms with Crippen molar-refractivity contribution in [2.24, 2.45) is 0 Å². The van der Waals surface area contributed by atoms with Gasteiger partial charge in [-0.25, -0.2) is 0 Å². The van der Waals surface area contributed by atoms with Gasteiger partial charge in [0.15, 0.2) is 11.5 Å². The molecule has 1 aliphatic heterocycles. The fraction of sp³-hybridized carbons (Fsp3) is 0.312. The van der Waals surface area contributed by atoms with Crippen LogP contribution in [-0.2, 0) is 10.2 Å². The van der Waals surface area contributed by atoms with Crippen LogP contribution < -0.4 is 0 Å². The average molecular weight is 476 g/mol. The van der Waals surface area contributed by atoms with Crippen molar-refractivity contribution in [3.63, 3.8) is 0 Å². The zero-order chi connectivity index (χ0) is 24.6. The van der Waals surface area contributed by atoms with Crippen LogP contribution in [0.15, 0.2) is 72.3 Å². The molecule has 3 aliphatic rings. The Hall–Kier alpha value is -3.50. The fourth-order valence-electron chi connectivity index (χ4n) is 7.34. The molecule has 2 N–H and O–H groups in total. The molecule has 1 aromatic heterocycles. The number of allylic oxidation sites excluding steroid dienone is 1. The molecule has 4 aromatic rings. The Bertz CT molecular complexity index is 1630. The summed E-state index contributed by atoms with van der Waals surface area (Å²) in [4.78, 5) is 17.0. The van der Waals surface area contributed by atoms with Gasteiger partial charge in [0.05, 0.1) is 22.8 Å². The molecule has 2 saturated carbocycles. The highest BCUT2D eigenvalue weighted by Gasteiger charge is 2.54. The summed E-state index contributed by atoms with van der Waals surface area (Å²) in [5, 5.41) is 14.9. The third-order valence-corrected chi connectivity index (χ3v) is 9.06. The van der Waals surface area contributed by atoms with E-state index in [9.17, 15) is 9.90 Å². The molecule has 0 amide bonds. The normalized spacial score (nSPS) is 24.2. The molecule has 3 aromatic carbocycles. The third-order valence-electron chi connectivity index (χ3n) is 9.06. The molecule has 2 fully saturated rings. The predicted molar refractivity (Wildman–Crippen MR) is 144 cm³/mol. The highest BCUT2D eigenvalue weighted by Crippen LogP contribution is 2.52. The summed E-state index contributed by atoms with van der Waals surface area (Å²) < 4.78 is 2.31. The number of aromatic amines is 1. The number of aliphatic hydroxyl groups excluding tert-OH is 1. The summed E-state index contributed by atoms with van der Waals surface area (Å²) >= 11 is 0. The van der Waals surface area contributed by atoms with Crippen molar-refractivity contribution < 1.29 is 14.5 Å². The van der Waals surface area contributed by atoms with E-state index in [1.165, 1.54) is 47.0 Å². The molecule has 4 heteroatoms. The summed E-state index contributed by atoms with van der Waals surface area (Å²) in [7, 11) is 2.14. The summed E-state index contributed by atoms with van der Waals surface area (Å²) in [6, 6.07) is 21.2. The van der Waals surface area contributed by atoms with E-state index in [4.69, 9.17) is 0 Å². The van der Waals surface area contributed by atoms with Crippen molar-refractivity contribution in [3.05, 3.63) is 89.1 Å². The Balaban J connectivity index is 1.36. The molecule has 180 valence electrons. The Morgan fingerprint density at radius 1 is 0.972 bits per heavy atom. The largest absolute Gasteiger partial charge is 0.387 e. The number of aliphatic hydroxyl groups is 1. The number of fused-ring (bicyclic) bond motifs is 5. The van der Waals surface area contributed by atoms with E-state index in [0.29, 0.717) is 5.57 Å². The number of aromatic nitrogens is 1. The number of carbonyl (C=O) groups is 1. The van der Waals surface area contributed by atoms with Crippen LogP contribution in [0.3, 0.4) is 0 Å². The number of para-hydroxylation sites is 1. The number of ketones is 1. The lowest BCUT2D eigenvalue weighted by Crippen LogP contribution is -2.45. The number of hydrogen-bond acceptors (Lipinski definition) is 2. The van der Waals surface area contributed by atoms with Gasteiger partial charge in [0.1, 0.15) is 7.05 Å². The number of Topliss-reactive ketones (excluding diaryl/α,β-unsaturated/α-hetero) is 1. The van der Waals surface area contributed by atoms with Gasteiger partial charge in [-0.3, -0.25) is 4.79 Å². The highest BCUT2D eigenvalue weighted by atomic mass is 16.3. The lowest BCUT2D eigenvalue weighted by molar-refractivity contribution is -0.400. The number of hydrogen-bond donors (Lipinski definition) is 2. The standard InChI is InChI=1S/C32H30N2O2/c1-19-27(22-12-6-7-13-25(22)33-19)28-30(35)23(31(28)36)18-26-32(16-8-3-9-17-32)24-15-14-20-10-4-5-11-21(20)29(24)34(26)2/h4-7,10-15,18,28,30,35H,3,8-9,16-17H2,1-2H3/p+1. The van der Waals surface area contributed by atoms with Gasteiger partial charge in [-0.2, -0.15) is 4.58 Å². The quantitative estimate of drug-likeness (QED) is 0.267. The van der Waals surface area contributed by atoms with Crippen LogP contribution in [-0.4, -0.2) is 39.3 Å². The number of H-pyrrole nitrogens is 1. The SMILES string of the molecule is Cc1[nH]c2ccccc2c1C1C(=O)C(=CC2=[N+](C)c3c(ccc4ccccc34)C23CCCCC3)C1O. The van der Waals surface area contributed by atoms with Gasteiger partial charge in [-0.15, -0.1) is 0 Å². The monoisotopic (exact) mass is 475 g/mol. The van der Waals surface area contributed by atoms with Crippen LogP contribution in [0.4, 0.5) is 5.69 Å². The van der Waals surface area contributed by atoms with Crippen LogP contribution in [0, 0.1) is 6.92 Å². The van der Waals surface area contributed by atoms with Gasteiger partial charge >= 0.3 is 0 Å². The van der Waals surface area contributed by atoms with Crippen molar-refractivity contribution in [2.75, 3.05) is 7.05 Å². The minimum atomic E-state index is -0.794. The van der Waals surface area contributed by atoms with Crippen molar-refractivity contribution >= 4 is 38.9 Å². The Morgan fingerprint density at radius 2 is 1.69 bits per heavy atom. The number of carbonyl (C=O) groups excluding carboxylic acids is 1. The molecule has 2 aliphatic carbocycles. The van der Waals surface area contributed by atoms with Crippen molar-refractivity contribution in [1.29, 1.82) is 0 Å². The van der Waals surface area contributed by atoms with Crippen LogP contribution >= 0.6 is 0 Å². The van der Waals surface area contributed by atoms with E-state index >= 15 is 0 Å². The fourth-order valence-corrected chi connectivity index (χ4v) is 7.34. The first kappa shape index (κ1) is 21.8. The predicted octanol–water partition coefficient (Wildman–Crippen LogP) is 6.21. The van der Waals surface area contributed by atoms with Gasteiger partial charge in [-0.1, -0.05) is 67.8 Å². The zero-order valence-corrected chi connectivity index (χ0v) is 20.8. The van der Waals surface area contributed by atoms with Crippen molar-refractivity contribution in [3.8, 4) is 0 Å². The molecule has 0 saturated heterocycles. The molecule has 0 bridgehead atoms. The summed E-state index contributed by atoms with van der Waals surface area (Å²) in [6.45, 7) is 2.00. The van der Waals surface area contributed by atoms with Crippen LogP contribution in [0.2, 0.25) is 0 Å². The summed E-state index contributed by atoms with van der Waals surface area (Å²) in [5.74, 6) is -0.465. The third kappa shape index (κ3) is 2.79. The Labute approximate surface area is 211 Å². The lowest BCUT2D eigenvalue weighted by atomic mass is 9.65. The van der Waals surface area contributed by atoms with Gasteiger partial charge in [0.25, 0.3) is 0 Å². The Kier molecular flexibility index (Phi) is 4.68. The molecular weight excluding hydrogens is 444 g/mol. The molecule has 0 radical (unpaired) electrons. The number of aryl methyl sites for hydroxylation is 1. The van der Waals surface area contributed by atoms with Crippen LogP contribution in [0.25, 0.3) is 21.7 Å². The second-order valence-corrected chi connectivity index (χ2v) is 10.9. The topological polar surface area (TPSA) is 56.1 Å². The maximum Gasteiger partial charge on any atom is 0.217 e. The van der Waals surface area contributed by atoms with E-state index in [1.54, 1.807) is 0 Å². The van der Waals surface area contributed by atoms with Gasteiger partial charge in [0, 0.05) is 33.8 Å². The molecule has 2 atom stereocenters. The number of rotatable bonds is 2. The molecule has 7 rings (SSSR count). The van der Waals surface area contributed by atoms with E-state index in [1.807, 2.05) is 37.3 Å². The van der Waals surface area contributed by atoms with Crippen molar-refractivity contribution in [2.45, 2.75) is 56.5 Å².